The number of rotatable bonds is 9. The molecule has 0 saturated carbocycles. The van der Waals surface area contributed by atoms with E-state index in [2.05, 4.69) is 6.07 Å². The van der Waals surface area contributed by atoms with Gasteiger partial charge >= 0.3 is 0 Å². The van der Waals surface area contributed by atoms with Gasteiger partial charge in [0.2, 0.25) is 0 Å². The van der Waals surface area contributed by atoms with Crippen molar-refractivity contribution in [2.45, 2.75) is 17.9 Å². The lowest BCUT2D eigenvalue weighted by atomic mass is 10.2. The maximum absolute atomic E-state index is 9.01. The minimum absolute atomic E-state index is 0.0991. The number of hydrogen-bond donors (Lipinski definition) is 1. The van der Waals surface area contributed by atoms with Gasteiger partial charge in [-0.3, -0.25) is 0 Å². The van der Waals surface area contributed by atoms with Crippen LogP contribution in [0.4, 0.5) is 0 Å². The molecule has 96 valence electrons. The van der Waals surface area contributed by atoms with Crippen molar-refractivity contribution >= 4 is 11.8 Å². The largest absolute Gasteiger partial charge is 0.392 e. The lowest BCUT2D eigenvalue weighted by Crippen LogP contribution is -2.02. The van der Waals surface area contributed by atoms with Gasteiger partial charge in [-0.25, -0.2) is 0 Å². The number of hydrogen-bond acceptors (Lipinski definition) is 4. The number of methoxy groups -OCH3 is 1. The summed E-state index contributed by atoms with van der Waals surface area (Å²) >= 11 is 1.75. The van der Waals surface area contributed by atoms with Gasteiger partial charge in [0.05, 0.1) is 13.2 Å². The molecule has 17 heavy (non-hydrogen) atoms. The Hall–Kier alpha value is -0.550. The van der Waals surface area contributed by atoms with Crippen molar-refractivity contribution in [1.82, 2.24) is 0 Å². The summed E-state index contributed by atoms with van der Waals surface area (Å²) in [6.07, 6.45) is 0.946. The van der Waals surface area contributed by atoms with Gasteiger partial charge in [0, 0.05) is 31.0 Å². The van der Waals surface area contributed by atoms with Gasteiger partial charge in [-0.15, -0.1) is 11.8 Å². The summed E-state index contributed by atoms with van der Waals surface area (Å²) in [4.78, 5) is 1.18. The van der Waals surface area contributed by atoms with Crippen molar-refractivity contribution in [3.8, 4) is 0 Å². The van der Waals surface area contributed by atoms with Crippen molar-refractivity contribution in [1.29, 1.82) is 0 Å². The monoisotopic (exact) mass is 256 g/mol. The molecule has 0 unspecified atom stereocenters. The van der Waals surface area contributed by atoms with Crippen molar-refractivity contribution in [3.05, 3.63) is 29.8 Å². The van der Waals surface area contributed by atoms with E-state index in [0.717, 1.165) is 37.6 Å². The Balaban J connectivity index is 2.09. The predicted octanol–water partition coefficient (Wildman–Crippen LogP) is 2.32. The Morgan fingerprint density at radius 1 is 1.24 bits per heavy atom. The number of aliphatic hydroxyl groups excluding tert-OH is 1. The molecule has 3 nitrogen and oxygen atoms in total. The van der Waals surface area contributed by atoms with E-state index in [9.17, 15) is 0 Å². The van der Waals surface area contributed by atoms with Crippen molar-refractivity contribution in [3.63, 3.8) is 0 Å². The summed E-state index contributed by atoms with van der Waals surface area (Å²) in [7, 11) is 1.70. The third kappa shape index (κ3) is 6.68. The summed E-state index contributed by atoms with van der Waals surface area (Å²) in [6.45, 7) is 2.36. The first kappa shape index (κ1) is 14.5. The first-order chi connectivity index (χ1) is 8.36. The van der Waals surface area contributed by atoms with E-state index in [1.54, 1.807) is 18.9 Å². The zero-order chi connectivity index (χ0) is 12.3. The number of aliphatic hydroxyl groups is 1. The minimum atomic E-state index is 0.0991. The van der Waals surface area contributed by atoms with Crippen LogP contribution in [0, 0.1) is 0 Å². The van der Waals surface area contributed by atoms with Gasteiger partial charge in [0.1, 0.15) is 0 Å². The van der Waals surface area contributed by atoms with Crippen LogP contribution in [0.25, 0.3) is 0 Å². The van der Waals surface area contributed by atoms with Gasteiger partial charge in [0.25, 0.3) is 0 Å². The van der Waals surface area contributed by atoms with Gasteiger partial charge < -0.3 is 14.6 Å². The summed E-state index contributed by atoms with van der Waals surface area (Å²) in [5.74, 6) is 0.932. The molecule has 0 saturated heterocycles. The van der Waals surface area contributed by atoms with Crippen LogP contribution < -0.4 is 0 Å². The molecule has 1 aromatic rings. The fourth-order valence-electron chi connectivity index (χ4n) is 1.36. The molecule has 0 aliphatic rings. The van der Waals surface area contributed by atoms with Gasteiger partial charge in [-0.2, -0.15) is 0 Å². The molecule has 0 spiro atoms. The highest BCUT2D eigenvalue weighted by Gasteiger charge is 1.96. The number of ether oxygens (including phenoxy) is 2. The van der Waals surface area contributed by atoms with E-state index >= 15 is 0 Å². The summed E-state index contributed by atoms with van der Waals surface area (Å²) in [6, 6.07) is 7.95. The average molecular weight is 256 g/mol. The highest BCUT2D eigenvalue weighted by atomic mass is 32.2. The highest BCUT2D eigenvalue weighted by Crippen LogP contribution is 2.18. The summed E-state index contributed by atoms with van der Waals surface area (Å²) in [5, 5.41) is 9.01. The first-order valence-corrected chi connectivity index (χ1v) is 6.74. The molecule has 0 aromatic heterocycles. The smallest absolute Gasteiger partial charge is 0.0682 e. The van der Waals surface area contributed by atoms with Crippen LogP contribution in [0.5, 0.6) is 0 Å². The SMILES string of the molecule is COCCCOCCSc1cccc(CO)c1. The second-order valence-corrected chi connectivity index (χ2v) is 4.78. The zero-order valence-corrected chi connectivity index (χ0v) is 11.0. The predicted molar refractivity (Wildman–Crippen MR) is 70.4 cm³/mol. The van der Waals surface area contributed by atoms with Gasteiger partial charge in [-0.1, -0.05) is 12.1 Å². The van der Waals surface area contributed by atoms with E-state index in [1.807, 2.05) is 18.2 Å². The average Bonchev–Trinajstić information content (AvgIpc) is 2.38. The normalized spacial score (nSPS) is 10.7. The van der Waals surface area contributed by atoms with Crippen LogP contribution in [0.3, 0.4) is 0 Å². The number of thioether (sulfide) groups is 1. The Morgan fingerprint density at radius 3 is 2.88 bits per heavy atom. The topological polar surface area (TPSA) is 38.7 Å². The second-order valence-electron chi connectivity index (χ2n) is 3.61. The van der Waals surface area contributed by atoms with Crippen LogP contribution in [0.1, 0.15) is 12.0 Å². The van der Waals surface area contributed by atoms with Crippen LogP contribution in [-0.2, 0) is 16.1 Å². The fraction of sp³-hybridized carbons (Fsp3) is 0.538. The molecule has 4 heteroatoms. The van der Waals surface area contributed by atoms with Crippen LogP contribution in [-0.4, -0.2) is 37.8 Å². The molecule has 0 radical (unpaired) electrons. The lowest BCUT2D eigenvalue weighted by Gasteiger charge is -2.05. The van der Waals surface area contributed by atoms with Crippen LogP contribution in [0.2, 0.25) is 0 Å². The molecule has 0 heterocycles. The molecule has 0 atom stereocenters. The van der Waals surface area contributed by atoms with E-state index < -0.39 is 0 Å². The van der Waals surface area contributed by atoms with Crippen LogP contribution in [0.15, 0.2) is 29.2 Å². The Labute approximate surface area is 107 Å². The third-order valence-electron chi connectivity index (χ3n) is 2.21. The quantitative estimate of drug-likeness (QED) is 0.543. The molecule has 1 rings (SSSR count). The molecule has 0 aliphatic carbocycles. The molecular weight excluding hydrogens is 236 g/mol. The lowest BCUT2D eigenvalue weighted by molar-refractivity contribution is 0.113. The number of benzene rings is 1. The van der Waals surface area contributed by atoms with Crippen molar-refractivity contribution in [2.75, 3.05) is 32.7 Å². The highest BCUT2D eigenvalue weighted by molar-refractivity contribution is 7.99. The first-order valence-electron chi connectivity index (χ1n) is 5.76. The molecule has 0 fully saturated rings. The maximum atomic E-state index is 9.01. The Bertz CT molecular complexity index is 304. The van der Waals surface area contributed by atoms with Crippen molar-refractivity contribution < 1.29 is 14.6 Å². The van der Waals surface area contributed by atoms with Crippen molar-refractivity contribution in [2.24, 2.45) is 0 Å². The van der Waals surface area contributed by atoms with Gasteiger partial charge in [0.15, 0.2) is 0 Å². The standard InChI is InChI=1S/C13H20O3S/c1-15-6-3-7-16-8-9-17-13-5-2-4-12(10-13)11-14/h2,4-5,10,14H,3,6-9,11H2,1H3. The zero-order valence-electron chi connectivity index (χ0n) is 10.2. The molecule has 0 bridgehead atoms. The molecule has 0 amide bonds. The Morgan fingerprint density at radius 2 is 2.12 bits per heavy atom. The minimum Gasteiger partial charge on any atom is -0.392 e. The van der Waals surface area contributed by atoms with E-state index in [1.165, 1.54) is 4.90 Å². The fourth-order valence-corrected chi connectivity index (χ4v) is 2.21. The Kier molecular flexibility index (Phi) is 8.09. The molecule has 1 N–H and O–H groups in total. The van der Waals surface area contributed by atoms with E-state index in [-0.39, 0.29) is 6.61 Å². The second kappa shape index (κ2) is 9.48. The van der Waals surface area contributed by atoms with Gasteiger partial charge in [-0.05, 0) is 24.1 Å². The maximum Gasteiger partial charge on any atom is 0.0682 e. The molecular formula is C13H20O3S. The van der Waals surface area contributed by atoms with E-state index in [4.69, 9.17) is 14.6 Å². The van der Waals surface area contributed by atoms with E-state index in [0.29, 0.717) is 0 Å². The summed E-state index contributed by atoms with van der Waals surface area (Å²) < 4.78 is 10.4. The summed E-state index contributed by atoms with van der Waals surface area (Å²) in [5.41, 5.74) is 0.955. The molecule has 0 aliphatic heterocycles. The third-order valence-corrected chi connectivity index (χ3v) is 3.17. The van der Waals surface area contributed by atoms with Crippen LogP contribution >= 0.6 is 11.8 Å². The molecule has 1 aromatic carbocycles.